The van der Waals surface area contributed by atoms with Crippen molar-refractivity contribution in [3.05, 3.63) is 11.7 Å². The normalized spacial score (nSPS) is 24.3. The fraction of sp³-hybridized carbons (Fsp3) is 0.867. The summed E-state index contributed by atoms with van der Waals surface area (Å²) in [4.78, 5) is 4.51. The Hall–Kier alpha value is -0.940. The average molecular weight is 279 g/mol. The van der Waals surface area contributed by atoms with E-state index in [9.17, 15) is 0 Å². The van der Waals surface area contributed by atoms with Gasteiger partial charge < -0.3 is 14.6 Å². The zero-order valence-corrected chi connectivity index (χ0v) is 12.1. The van der Waals surface area contributed by atoms with Crippen molar-refractivity contribution in [2.45, 2.75) is 50.9 Å². The molecule has 0 amide bonds. The van der Waals surface area contributed by atoms with Crippen LogP contribution < -0.4 is 5.32 Å². The number of piperidine rings is 1. The van der Waals surface area contributed by atoms with Crippen molar-refractivity contribution in [3.8, 4) is 0 Å². The van der Waals surface area contributed by atoms with E-state index in [2.05, 4.69) is 15.5 Å². The van der Waals surface area contributed by atoms with E-state index in [4.69, 9.17) is 9.26 Å². The summed E-state index contributed by atoms with van der Waals surface area (Å²) in [5.41, 5.74) is 0. The predicted molar refractivity (Wildman–Crippen MR) is 75.6 cm³/mol. The third-order valence-corrected chi connectivity index (χ3v) is 4.43. The maximum absolute atomic E-state index is 5.74. The Kier molecular flexibility index (Phi) is 5.03. The smallest absolute Gasteiger partial charge is 0.231 e. The summed E-state index contributed by atoms with van der Waals surface area (Å²) in [7, 11) is 0. The second kappa shape index (κ2) is 7.18. The van der Waals surface area contributed by atoms with Gasteiger partial charge in [0.25, 0.3) is 0 Å². The number of hydrogen-bond acceptors (Lipinski definition) is 5. The fourth-order valence-electron chi connectivity index (χ4n) is 3.19. The number of ether oxygens (including phenoxy) is 1. The highest BCUT2D eigenvalue weighted by Gasteiger charge is 2.21. The Morgan fingerprint density at radius 2 is 2.10 bits per heavy atom. The lowest BCUT2D eigenvalue weighted by Gasteiger charge is -2.18. The van der Waals surface area contributed by atoms with E-state index in [1.807, 2.05) is 0 Å². The van der Waals surface area contributed by atoms with Crippen molar-refractivity contribution in [3.63, 3.8) is 0 Å². The highest BCUT2D eigenvalue weighted by atomic mass is 16.5. The Balaban J connectivity index is 1.38. The largest absolute Gasteiger partial charge is 0.381 e. The highest BCUT2D eigenvalue weighted by Crippen LogP contribution is 2.24. The van der Waals surface area contributed by atoms with Gasteiger partial charge in [0.15, 0.2) is 5.82 Å². The molecule has 20 heavy (non-hydrogen) atoms. The van der Waals surface area contributed by atoms with E-state index < -0.39 is 0 Å². The van der Waals surface area contributed by atoms with E-state index in [0.29, 0.717) is 12.5 Å². The Morgan fingerprint density at radius 3 is 2.90 bits per heavy atom. The van der Waals surface area contributed by atoms with Gasteiger partial charge in [0.1, 0.15) is 0 Å². The van der Waals surface area contributed by atoms with E-state index in [1.165, 1.54) is 32.1 Å². The molecule has 112 valence electrons. The molecule has 1 atom stereocenters. The second-order valence-corrected chi connectivity index (χ2v) is 6.07. The van der Waals surface area contributed by atoms with Crippen molar-refractivity contribution in [1.82, 2.24) is 15.5 Å². The van der Waals surface area contributed by atoms with Crippen molar-refractivity contribution < 1.29 is 9.26 Å². The third-order valence-electron chi connectivity index (χ3n) is 4.43. The lowest BCUT2D eigenvalue weighted by atomic mass is 10.00. The van der Waals surface area contributed by atoms with Crippen LogP contribution in [0.1, 0.15) is 56.2 Å². The van der Waals surface area contributed by atoms with Crippen LogP contribution in [0.15, 0.2) is 4.52 Å². The van der Waals surface area contributed by atoms with Gasteiger partial charge in [-0.05, 0) is 38.1 Å². The zero-order valence-electron chi connectivity index (χ0n) is 12.1. The maximum Gasteiger partial charge on any atom is 0.231 e. The summed E-state index contributed by atoms with van der Waals surface area (Å²) in [6.45, 7) is 3.67. The molecule has 5 nitrogen and oxygen atoms in total. The average Bonchev–Trinajstić information content (AvgIpc) is 3.16. The van der Waals surface area contributed by atoms with Crippen LogP contribution in [0.3, 0.4) is 0 Å². The molecule has 1 aromatic heterocycles. The van der Waals surface area contributed by atoms with Crippen LogP contribution in [-0.4, -0.2) is 36.4 Å². The van der Waals surface area contributed by atoms with Gasteiger partial charge in [0, 0.05) is 19.6 Å². The molecule has 0 unspecified atom stereocenters. The quantitative estimate of drug-likeness (QED) is 0.810. The third kappa shape index (κ3) is 3.79. The Bertz CT molecular complexity index is 396. The fourth-order valence-corrected chi connectivity index (χ4v) is 3.19. The van der Waals surface area contributed by atoms with Gasteiger partial charge >= 0.3 is 0 Å². The molecule has 1 N–H and O–H groups in total. The Labute approximate surface area is 120 Å². The van der Waals surface area contributed by atoms with Gasteiger partial charge in [-0.1, -0.05) is 18.0 Å². The van der Waals surface area contributed by atoms with Crippen molar-refractivity contribution in [2.24, 2.45) is 5.92 Å². The van der Waals surface area contributed by atoms with E-state index in [0.717, 1.165) is 50.2 Å². The summed E-state index contributed by atoms with van der Waals surface area (Å²) in [5.74, 6) is 2.76. The summed E-state index contributed by atoms with van der Waals surface area (Å²) in [5, 5.41) is 7.44. The van der Waals surface area contributed by atoms with Crippen LogP contribution >= 0.6 is 0 Å². The van der Waals surface area contributed by atoms with E-state index in [1.54, 1.807) is 0 Å². The Morgan fingerprint density at radius 1 is 1.20 bits per heavy atom. The highest BCUT2D eigenvalue weighted by molar-refractivity contribution is 4.96. The molecule has 1 aromatic rings. The van der Waals surface area contributed by atoms with Gasteiger partial charge in [-0.3, -0.25) is 0 Å². The standard InChI is InChI=1S/C15H25N3O2/c1-2-5-12(4-1)11-19-9-7-14-17-15(20-18-14)13-6-3-8-16-10-13/h12-13,16H,1-11H2/t13-/m1/s1. The minimum atomic E-state index is 0.393. The molecule has 1 saturated heterocycles. The second-order valence-electron chi connectivity index (χ2n) is 6.07. The maximum atomic E-state index is 5.74. The summed E-state index contributed by atoms with van der Waals surface area (Å²) in [6.07, 6.45) is 8.51. The molecule has 3 rings (SSSR count). The van der Waals surface area contributed by atoms with Gasteiger partial charge in [-0.2, -0.15) is 4.98 Å². The van der Waals surface area contributed by atoms with Gasteiger partial charge in [0.05, 0.1) is 12.5 Å². The number of aromatic nitrogens is 2. The van der Waals surface area contributed by atoms with Crippen LogP contribution in [-0.2, 0) is 11.2 Å². The van der Waals surface area contributed by atoms with Gasteiger partial charge in [-0.25, -0.2) is 0 Å². The topological polar surface area (TPSA) is 60.2 Å². The summed E-state index contributed by atoms with van der Waals surface area (Å²) < 4.78 is 11.1. The lowest BCUT2D eigenvalue weighted by Crippen LogP contribution is -2.28. The number of nitrogens with one attached hydrogen (secondary N) is 1. The molecule has 1 saturated carbocycles. The summed E-state index contributed by atoms with van der Waals surface area (Å²) in [6, 6.07) is 0. The molecule has 0 spiro atoms. The van der Waals surface area contributed by atoms with Crippen molar-refractivity contribution >= 4 is 0 Å². The first-order chi connectivity index (χ1) is 9.92. The van der Waals surface area contributed by atoms with Crippen LogP contribution in [0, 0.1) is 5.92 Å². The van der Waals surface area contributed by atoms with Crippen LogP contribution in [0.4, 0.5) is 0 Å². The van der Waals surface area contributed by atoms with Crippen LogP contribution in [0.5, 0.6) is 0 Å². The van der Waals surface area contributed by atoms with E-state index >= 15 is 0 Å². The van der Waals surface area contributed by atoms with Crippen molar-refractivity contribution in [2.75, 3.05) is 26.3 Å². The van der Waals surface area contributed by atoms with Crippen LogP contribution in [0.2, 0.25) is 0 Å². The molecule has 2 fully saturated rings. The zero-order chi connectivity index (χ0) is 13.6. The molecule has 1 aliphatic carbocycles. The molecule has 0 bridgehead atoms. The minimum absolute atomic E-state index is 0.393. The van der Waals surface area contributed by atoms with Gasteiger partial charge in [-0.15, -0.1) is 0 Å². The van der Waals surface area contributed by atoms with Crippen molar-refractivity contribution in [1.29, 1.82) is 0 Å². The molecular weight excluding hydrogens is 254 g/mol. The lowest BCUT2D eigenvalue weighted by molar-refractivity contribution is 0.102. The van der Waals surface area contributed by atoms with Crippen LogP contribution in [0.25, 0.3) is 0 Å². The molecule has 0 radical (unpaired) electrons. The molecule has 2 aliphatic rings. The first-order valence-corrected chi connectivity index (χ1v) is 8.03. The SMILES string of the molecule is C1CCC(COCCc2noc([C@@H]3CCCNC3)n2)C1. The first-order valence-electron chi connectivity index (χ1n) is 8.03. The number of hydrogen-bond donors (Lipinski definition) is 1. The molecule has 1 aliphatic heterocycles. The van der Waals surface area contributed by atoms with E-state index in [-0.39, 0.29) is 0 Å². The molecule has 0 aromatic carbocycles. The van der Waals surface area contributed by atoms with Gasteiger partial charge in [0.2, 0.25) is 5.89 Å². The number of rotatable bonds is 6. The molecule has 5 heteroatoms. The monoisotopic (exact) mass is 279 g/mol. The molecule has 2 heterocycles. The number of nitrogens with zero attached hydrogens (tertiary/aromatic N) is 2. The minimum Gasteiger partial charge on any atom is -0.381 e. The molecular formula is C15H25N3O2. The first kappa shape index (κ1) is 14.0. The predicted octanol–water partition coefficient (Wildman–Crippen LogP) is 2.29. The summed E-state index contributed by atoms with van der Waals surface area (Å²) >= 11 is 0.